The van der Waals surface area contributed by atoms with Crippen molar-refractivity contribution in [2.24, 2.45) is 0 Å². The standard InChI is InChI=1S/C66H48O2/c1-65(2)56-34-42(39-16-8-5-9-17-39)26-30-48(56)50-32-28-44(36-58(50)65)46-22-14-24-52-54-38-55-53-25-15-23-47(62(53)68-64(55)60(63(54)67-61(46)52)41-20-12-7-13-21-41)45-29-33-51-49-31-27-43(40-18-10-6-11-19-40)35-57(49)66(3,4)59(51)37-45/h5-38,52,61H,1-4H3. The number of hydrogen-bond donors (Lipinski definition) is 0. The number of ether oxygens (including phenoxy) is 1. The van der Waals surface area contributed by atoms with Crippen LogP contribution in [0.4, 0.5) is 0 Å². The van der Waals surface area contributed by atoms with Gasteiger partial charge in [0.1, 0.15) is 23.0 Å². The van der Waals surface area contributed by atoms with Crippen molar-refractivity contribution in [2.75, 3.05) is 0 Å². The molecule has 4 aliphatic rings. The van der Waals surface area contributed by atoms with E-state index >= 15 is 0 Å². The maximum atomic E-state index is 7.34. The van der Waals surface area contributed by atoms with E-state index in [1.807, 2.05) is 0 Å². The summed E-state index contributed by atoms with van der Waals surface area (Å²) in [5.74, 6) is 0.950. The molecule has 1 aromatic heterocycles. The van der Waals surface area contributed by atoms with Crippen LogP contribution in [0.5, 0.6) is 5.75 Å². The largest absolute Gasteiger partial charge is 0.484 e. The van der Waals surface area contributed by atoms with Gasteiger partial charge in [-0.15, -0.1) is 0 Å². The lowest BCUT2D eigenvalue weighted by Crippen LogP contribution is -2.22. The zero-order valence-corrected chi connectivity index (χ0v) is 38.6. The molecule has 0 fully saturated rings. The minimum Gasteiger partial charge on any atom is -0.484 e. The van der Waals surface area contributed by atoms with Gasteiger partial charge in [-0.3, -0.25) is 0 Å². The van der Waals surface area contributed by atoms with E-state index in [1.165, 1.54) is 83.5 Å². The van der Waals surface area contributed by atoms with Crippen molar-refractivity contribution in [3.63, 3.8) is 0 Å². The van der Waals surface area contributed by atoms with Gasteiger partial charge in [-0.2, -0.15) is 0 Å². The number of fused-ring (bicyclic) bond motifs is 12. The first-order valence-electron chi connectivity index (χ1n) is 24.1. The Labute approximate surface area is 397 Å². The summed E-state index contributed by atoms with van der Waals surface area (Å²) in [7, 11) is 0. The molecule has 68 heavy (non-hydrogen) atoms. The average Bonchev–Trinajstić information content (AvgIpc) is 4.08. The van der Waals surface area contributed by atoms with Gasteiger partial charge in [0.2, 0.25) is 0 Å². The van der Waals surface area contributed by atoms with Crippen molar-refractivity contribution >= 4 is 27.5 Å². The Morgan fingerprint density at radius 1 is 0.397 bits per heavy atom. The van der Waals surface area contributed by atoms with Gasteiger partial charge < -0.3 is 9.15 Å². The zero-order chi connectivity index (χ0) is 45.5. The van der Waals surface area contributed by atoms with E-state index in [9.17, 15) is 0 Å². The second-order valence-corrected chi connectivity index (χ2v) is 20.3. The van der Waals surface area contributed by atoms with Gasteiger partial charge in [-0.05, 0) is 114 Å². The SMILES string of the molecule is CC1(C)c2cc(C3=CC=CC4c5cc6c(oc7c(-c8ccc9c(c8)C(C)(C)c8cc(-c%10ccccc%10)ccc8-9)cccc76)c(-c6ccccc6)c5OC34)ccc2-c2ccc(-c3ccccc3)cc21. The fourth-order valence-electron chi connectivity index (χ4n) is 12.3. The van der Waals surface area contributed by atoms with Crippen molar-refractivity contribution in [3.05, 3.63) is 240 Å². The van der Waals surface area contributed by atoms with Crippen LogP contribution >= 0.6 is 0 Å². The summed E-state index contributed by atoms with van der Waals surface area (Å²) < 4.78 is 14.6. The topological polar surface area (TPSA) is 22.4 Å². The maximum Gasteiger partial charge on any atom is 0.147 e. The molecular formula is C66H48O2. The summed E-state index contributed by atoms with van der Waals surface area (Å²) in [6.07, 6.45) is 6.66. The highest BCUT2D eigenvalue weighted by molar-refractivity contribution is 6.15. The fourth-order valence-corrected chi connectivity index (χ4v) is 12.3. The van der Waals surface area contributed by atoms with E-state index in [4.69, 9.17) is 9.15 Å². The number of allylic oxidation sites excluding steroid dienone is 2. The van der Waals surface area contributed by atoms with Gasteiger partial charge in [0, 0.05) is 44.2 Å². The first kappa shape index (κ1) is 39.2. The Balaban J connectivity index is 0.853. The minimum atomic E-state index is -0.178. The number of para-hydroxylation sites is 1. The normalized spacial score (nSPS) is 17.5. The molecule has 2 nitrogen and oxygen atoms in total. The lowest BCUT2D eigenvalue weighted by molar-refractivity contribution is 0.279. The highest BCUT2D eigenvalue weighted by Crippen LogP contribution is 2.57. The average molecular weight is 873 g/mol. The summed E-state index contributed by atoms with van der Waals surface area (Å²) in [6, 6.07) is 69.2. The van der Waals surface area contributed by atoms with Crippen molar-refractivity contribution in [3.8, 4) is 72.5 Å². The quantitative estimate of drug-likeness (QED) is 0.172. The molecule has 324 valence electrons. The van der Waals surface area contributed by atoms with Gasteiger partial charge in [0.25, 0.3) is 0 Å². The molecule has 2 heterocycles. The van der Waals surface area contributed by atoms with Crippen LogP contribution in [0.1, 0.15) is 67.0 Å². The van der Waals surface area contributed by atoms with Crippen molar-refractivity contribution < 1.29 is 9.15 Å². The Bertz CT molecular complexity index is 3810. The molecule has 3 aliphatic carbocycles. The lowest BCUT2D eigenvalue weighted by atomic mass is 9.79. The third-order valence-corrected chi connectivity index (χ3v) is 15.9. The molecule has 14 rings (SSSR count). The van der Waals surface area contributed by atoms with Crippen LogP contribution in [0.3, 0.4) is 0 Å². The van der Waals surface area contributed by atoms with E-state index in [-0.39, 0.29) is 22.9 Å². The second-order valence-electron chi connectivity index (χ2n) is 20.3. The number of hydrogen-bond acceptors (Lipinski definition) is 2. The third-order valence-electron chi connectivity index (χ3n) is 15.9. The van der Waals surface area contributed by atoms with Crippen molar-refractivity contribution in [2.45, 2.75) is 50.5 Å². The summed E-state index contributed by atoms with van der Waals surface area (Å²) in [4.78, 5) is 0. The smallest absolute Gasteiger partial charge is 0.147 e. The van der Waals surface area contributed by atoms with Crippen LogP contribution in [0, 0.1) is 0 Å². The van der Waals surface area contributed by atoms with Crippen molar-refractivity contribution in [1.82, 2.24) is 0 Å². The molecule has 0 N–H and O–H groups in total. The molecule has 0 saturated heterocycles. The first-order chi connectivity index (χ1) is 33.2. The molecule has 1 aliphatic heterocycles. The van der Waals surface area contributed by atoms with Gasteiger partial charge in [0.15, 0.2) is 0 Å². The van der Waals surface area contributed by atoms with E-state index in [1.54, 1.807) is 0 Å². The Hall–Kier alpha value is -7.94. The van der Waals surface area contributed by atoms with E-state index < -0.39 is 0 Å². The van der Waals surface area contributed by atoms with Gasteiger partial charge in [0.05, 0.1) is 5.56 Å². The Morgan fingerprint density at radius 3 is 1.47 bits per heavy atom. The molecule has 10 aromatic rings. The molecule has 2 atom stereocenters. The van der Waals surface area contributed by atoms with E-state index in [0.29, 0.717) is 0 Å². The van der Waals surface area contributed by atoms with Crippen LogP contribution in [-0.2, 0) is 10.8 Å². The van der Waals surface area contributed by atoms with Crippen LogP contribution in [-0.4, -0.2) is 6.10 Å². The van der Waals surface area contributed by atoms with Crippen molar-refractivity contribution in [1.29, 1.82) is 0 Å². The molecule has 0 spiro atoms. The molecule has 0 amide bonds. The monoisotopic (exact) mass is 872 g/mol. The lowest BCUT2D eigenvalue weighted by Gasteiger charge is -2.26. The molecule has 2 unspecified atom stereocenters. The van der Waals surface area contributed by atoms with Crippen LogP contribution < -0.4 is 4.74 Å². The van der Waals surface area contributed by atoms with E-state index in [2.05, 4.69) is 234 Å². The van der Waals surface area contributed by atoms with Crippen LogP contribution in [0.25, 0.3) is 94.3 Å². The highest BCUT2D eigenvalue weighted by atomic mass is 16.5. The van der Waals surface area contributed by atoms with Gasteiger partial charge in [-0.1, -0.05) is 204 Å². The third kappa shape index (κ3) is 5.58. The molecule has 0 radical (unpaired) electrons. The summed E-state index contributed by atoms with van der Waals surface area (Å²) >= 11 is 0. The van der Waals surface area contributed by atoms with Crippen LogP contribution in [0.15, 0.2) is 211 Å². The number of benzene rings is 9. The zero-order valence-electron chi connectivity index (χ0n) is 38.6. The minimum absolute atomic E-state index is 0.0415. The molecule has 0 saturated carbocycles. The predicted molar refractivity (Wildman–Crippen MR) is 281 cm³/mol. The number of rotatable bonds is 5. The van der Waals surface area contributed by atoms with E-state index in [0.717, 1.165) is 49.9 Å². The summed E-state index contributed by atoms with van der Waals surface area (Å²) in [5, 5.41) is 2.23. The Morgan fingerprint density at radius 2 is 0.897 bits per heavy atom. The predicted octanol–water partition coefficient (Wildman–Crippen LogP) is 17.4. The molecule has 9 aromatic carbocycles. The van der Waals surface area contributed by atoms with Gasteiger partial charge >= 0.3 is 0 Å². The first-order valence-corrected chi connectivity index (χ1v) is 24.1. The highest BCUT2D eigenvalue weighted by Gasteiger charge is 2.42. The Kier molecular flexibility index (Phi) is 8.24. The molecule has 0 bridgehead atoms. The van der Waals surface area contributed by atoms with Crippen LogP contribution in [0.2, 0.25) is 0 Å². The molecular weight excluding hydrogens is 825 g/mol. The fraction of sp³-hybridized carbons (Fsp3) is 0.121. The van der Waals surface area contributed by atoms with Gasteiger partial charge in [-0.25, -0.2) is 0 Å². The molecule has 2 heteroatoms. The number of furan rings is 1. The second kappa shape index (κ2) is 14.3. The summed E-state index contributed by atoms with van der Waals surface area (Å²) in [5.41, 5.74) is 25.1. The maximum absolute atomic E-state index is 7.34. The summed E-state index contributed by atoms with van der Waals surface area (Å²) in [6.45, 7) is 9.48.